The van der Waals surface area contributed by atoms with Gasteiger partial charge in [0, 0.05) is 29.0 Å². The molecule has 3 rings (SSSR count). The summed E-state index contributed by atoms with van der Waals surface area (Å²) in [5, 5.41) is 1.64. The summed E-state index contributed by atoms with van der Waals surface area (Å²) in [6.45, 7) is 2.63. The van der Waals surface area contributed by atoms with E-state index in [1.54, 1.807) is 17.8 Å². The van der Waals surface area contributed by atoms with Crippen LogP contribution in [0, 0.1) is 0 Å². The van der Waals surface area contributed by atoms with Crippen molar-refractivity contribution in [1.82, 2.24) is 0 Å². The molecule has 126 valence electrons. The van der Waals surface area contributed by atoms with Crippen molar-refractivity contribution in [3.05, 3.63) is 60.7 Å². The fraction of sp³-hybridized carbons (Fsp3) is 0.100. The lowest BCUT2D eigenvalue weighted by molar-refractivity contribution is -0.134. The molecule has 0 bridgehead atoms. The van der Waals surface area contributed by atoms with Gasteiger partial charge in [-0.3, -0.25) is 9.59 Å². The van der Waals surface area contributed by atoms with Gasteiger partial charge in [0.05, 0.1) is 0 Å². The topological polar surface area (TPSA) is 52.6 Å². The smallest absolute Gasteiger partial charge is 0.308 e. The lowest BCUT2D eigenvalue weighted by Gasteiger charge is -2.15. The van der Waals surface area contributed by atoms with E-state index in [1.165, 1.54) is 13.8 Å². The van der Waals surface area contributed by atoms with E-state index in [2.05, 4.69) is 0 Å². The van der Waals surface area contributed by atoms with Crippen LogP contribution in [0.3, 0.4) is 0 Å². The summed E-state index contributed by atoms with van der Waals surface area (Å²) in [6.07, 6.45) is 0. The highest BCUT2D eigenvalue weighted by molar-refractivity contribution is 7.99. The third kappa shape index (κ3) is 4.00. The molecule has 0 fully saturated rings. The van der Waals surface area contributed by atoms with Crippen molar-refractivity contribution in [3.63, 3.8) is 0 Å². The van der Waals surface area contributed by atoms with Gasteiger partial charge in [-0.15, -0.1) is 0 Å². The monoisotopic (exact) mass is 352 g/mol. The standard InChI is InChI=1S/C20H16O4S/c1-13(21)23-18-12-19(25-15-8-4-3-5-9-15)16-10-6-7-11-17(16)20(18)24-14(2)22/h3-12H,1-2H3. The number of carbonyl (C=O) groups excluding carboxylic acids is 2. The van der Waals surface area contributed by atoms with Gasteiger partial charge < -0.3 is 9.47 Å². The van der Waals surface area contributed by atoms with Crippen LogP contribution < -0.4 is 9.47 Å². The highest BCUT2D eigenvalue weighted by atomic mass is 32.2. The van der Waals surface area contributed by atoms with Crippen molar-refractivity contribution in [2.45, 2.75) is 23.6 Å². The van der Waals surface area contributed by atoms with Crippen LogP contribution in [0.5, 0.6) is 11.5 Å². The van der Waals surface area contributed by atoms with Gasteiger partial charge in [-0.1, -0.05) is 54.2 Å². The van der Waals surface area contributed by atoms with E-state index in [-0.39, 0.29) is 11.5 Å². The molecule has 0 saturated heterocycles. The van der Waals surface area contributed by atoms with Crippen LogP contribution >= 0.6 is 11.8 Å². The lowest BCUT2D eigenvalue weighted by atomic mass is 10.1. The molecule has 0 N–H and O–H groups in total. The molecule has 0 aliphatic heterocycles. The lowest BCUT2D eigenvalue weighted by Crippen LogP contribution is -2.08. The van der Waals surface area contributed by atoms with Crippen LogP contribution in [0.15, 0.2) is 70.5 Å². The summed E-state index contributed by atoms with van der Waals surface area (Å²) < 4.78 is 10.6. The summed E-state index contributed by atoms with van der Waals surface area (Å²) in [5.74, 6) is -0.447. The molecule has 0 aromatic heterocycles. The molecule has 0 unspecified atom stereocenters. The summed E-state index contributed by atoms with van der Waals surface area (Å²) in [4.78, 5) is 25.0. The Balaban J connectivity index is 2.19. The number of fused-ring (bicyclic) bond motifs is 1. The Bertz CT molecular complexity index is 935. The Hall–Kier alpha value is -2.79. The first-order chi connectivity index (χ1) is 12.0. The molecule has 3 aromatic rings. The molecule has 0 atom stereocenters. The second kappa shape index (κ2) is 7.40. The van der Waals surface area contributed by atoms with Gasteiger partial charge in [-0.25, -0.2) is 0 Å². The van der Waals surface area contributed by atoms with E-state index in [0.29, 0.717) is 0 Å². The van der Waals surface area contributed by atoms with Crippen LogP contribution in [0.25, 0.3) is 10.8 Å². The number of benzene rings is 3. The van der Waals surface area contributed by atoms with Crippen molar-refractivity contribution in [2.24, 2.45) is 0 Å². The summed E-state index contributed by atoms with van der Waals surface area (Å²) >= 11 is 1.55. The molecule has 0 amide bonds. The molecule has 0 radical (unpaired) electrons. The first kappa shape index (κ1) is 17.0. The van der Waals surface area contributed by atoms with E-state index in [4.69, 9.17) is 9.47 Å². The zero-order valence-corrected chi connectivity index (χ0v) is 14.6. The maximum absolute atomic E-state index is 11.5. The quantitative estimate of drug-likeness (QED) is 0.497. The van der Waals surface area contributed by atoms with E-state index < -0.39 is 11.9 Å². The van der Waals surface area contributed by atoms with Gasteiger partial charge in [0.1, 0.15) is 0 Å². The highest BCUT2D eigenvalue weighted by Crippen LogP contribution is 2.43. The van der Waals surface area contributed by atoms with Crippen LogP contribution in [-0.4, -0.2) is 11.9 Å². The maximum Gasteiger partial charge on any atom is 0.308 e. The van der Waals surface area contributed by atoms with Gasteiger partial charge in [0.25, 0.3) is 0 Å². The number of hydrogen-bond acceptors (Lipinski definition) is 5. The molecule has 4 nitrogen and oxygen atoms in total. The number of rotatable bonds is 4. The number of hydrogen-bond donors (Lipinski definition) is 0. The average Bonchev–Trinajstić information content (AvgIpc) is 2.58. The Morgan fingerprint density at radius 2 is 1.40 bits per heavy atom. The van der Waals surface area contributed by atoms with Crippen LogP contribution in [0.2, 0.25) is 0 Å². The largest absolute Gasteiger partial charge is 0.423 e. The molecule has 0 aliphatic carbocycles. The van der Waals surface area contributed by atoms with Crippen molar-refractivity contribution >= 4 is 34.5 Å². The van der Waals surface area contributed by atoms with E-state index in [0.717, 1.165) is 20.6 Å². The van der Waals surface area contributed by atoms with Crippen molar-refractivity contribution in [1.29, 1.82) is 0 Å². The number of ether oxygens (including phenoxy) is 2. The zero-order valence-electron chi connectivity index (χ0n) is 13.8. The number of esters is 2. The molecule has 0 aliphatic rings. The van der Waals surface area contributed by atoms with Gasteiger partial charge in [0.15, 0.2) is 11.5 Å². The minimum Gasteiger partial charge on any atom is -0.423 e. The van der Waals surface area contributed by atoms with Crippen LogP contribution in [0.1, 0.15) is 13.8 Å². The van der Waals surface area contributed by atoms with Crippen LogP contribution in [-0.2, 0) is 9.59 Å². The molecule has 0 saturated carbocycles. The van der Waals surface area contributed by atoms with E-state index in [1.807, 2.05) is 54.6 Å². The summed E-state index contributed by atoms with van der Waals surface area (Å²) in [5.41, 5.74) is 0. The molecule has 5 heteroatoms. The Morgan fingerprint density at radius 3 is 2.04 bits per heavy atom. The zero-order chi connectivity index (χ0) is 17.8. The molecule has 25 heavy (non-hydrogen) atoms. The Kier molecular flexibility index (Phi) is 5.05. The maximum atomic E-state index is 11.5. The molecule has 0 heterocycles. The van der Waals surface area contributed by atoms with Crippen molar-refractivity contribution in [2.75, 3.05) is 0 Å². The Morgan fingerprint density at radius 1 is 0.800 bits per heavy atom. The number of carbonyl (C=O) groups is 2. The highest BCUT2D eigenvalue weighted by Gasteiger charge is 2.18. The SMILES string of the molecule is CC(=O)Oc1cc(Sc2ccccc2)c2ccccc2c1OC(C)=O. The van der Waals surface area contributed by atoms with Gasteiger partial charge >= 0.3 is 11.9 Å². The molecular weight excluding hydrogens is 336 g/mol. The molecule has 3 aromatic carbocycles. The predicted molar refractivity (Wildman–Crippen MR) is 97.1 cm³/mol. The second-order valence-electron chi connectivity index (χ2n) is 5.35. The fourth-order valence-corrected chi connectivity index (χ4v) is 3.47. The van der Waals surface area contributed by atoms with Crippen molar-refractivity contribution < 1.29 is 19.1 Å². The average molecular weight is 352 g/mol. The van der Waals surface area contributed by atoms with Gasteiger partial charge in [-0.05, 0) is 23.6 Å². The second-order valence-corrected chi connectivity index (χ2v) is 6.47. The minimum atomic E-state index is -0.473. The van der Waals surface area contributed by atoms with Gasteiger partial charge in [0.2, 0.25) is 0 Å². The summed E-state index contributed by atoms with van der Waals surface area (Å²) in [7, 11) is 0. The third-order valence-electron chi connectivity index (χ3n) is 3.39. The minimum absolute atomic E-state index is 0.236. The molecular formula is C20H16O4S. The first-order valence-corrected chi connectivity index (χ1v) is 8.51. The van der Waals surface area contributed by atoms with E-state index in [9.17, 15) is 9.59 Å². The van der Waals surface area contributed by atoms with Crippen LogP contribution in [0.4, 0.5) is 0 Å². The molecule has 0 spiro atoms. The van der Waals surface area contributed by atoms with Crippen molar-refractivity contribution in [3.8, 4) is 11.5 Å². The Labute approximate surface area is 149 Å². The predicted octanol–water partition coefficient (Wildman–Crippen LogP) is 4.84. The van der Waals surface area contributed by atoms with Gasteiger partial charge in [-0.2, -0.15) is 0 Å². The fourth-order valence-electron chi connectivity index (χ4n) is 2.47. The third-order valence-corrected chi connectivity index (χ3v) is 4.46. The summed E-state index contributed by atoms with van der Waals surface area (Å²) in [6, 6.07) is 19.2. The first-order valence-electron chi connectivity index (χ1n) is 7.70. The normalized spacial score (nSPS) is 10.5. The van der Waals surface area contributed by atoms with E-state index >= 15 is 0 Å².